The first kappa shape index (κ1) is 15.5. The quantitative estimate of drug-likeness (QED) is 0.915. The molecule has 4 atom stereocenters. The summed E-state index contributed by atoms with van der Waals surface area (Å²) < 4.78 is 0. The van der Waals surface area contributed by atoms with Crippen molar-refractivity contribution in [3.8, 4) is 0 Å². The third-order valence-corrected chi connectivity index (χ3v) is 4.78. The Labute approximate surface area is 123 Å². The Morgan fingerprint density at radius 3 is 2.20 bits per heavy atom. The molecular weight excluding hydrogens is 248 g/mol. The fraction of sp³-hybridized carbons (Fsp3) is 0.647. The van der Waals surface area contributed by atoms with Crippen LogP contribution in [0.2, 0.25) is 0 Å². The second-order valence-electron chi connectivity index (χ2n) is 6.15. The number of piperazine rings is 1. The number of aliphatic hydroxyl groups is 1. The van der Waals surface area contributed by atoms with Crippen LogP contribution in [0.4, 0.5) is 0 Å². The molecular formula is C17H28N2O. The molecule has 3 nitrogen and oxygen atoms in total. The molecule has 0 bridgehead atoms. The van der Waals surface area contributed by atoms with E-state index >= 15 is 0 Å². The lowest BCUT2D eigenvalue weighted by Crippen LogP contribution is -2.58. The molecule has 112 valence electrons. The number of hydrogen-bond donors (Lipinski definition) is 1. The summed E-state index contributed by atoms with van der Waals surface area (Å²) in [5, 5.41) is 10.7. The van der Waals surface area contributed by atoms with Crippen LogP contribution in [0, 0.1) is 0 Å². The molecule has 1 heterocycles. The van der Waals surface area contributed by atoms with Gasteiger partial charge in [0, 0.05) is 31.2 Å². The Morgan fingerprint density at radius 1 is 1.15 bits per heavy atom. The maximum absolute atomic E-state index is 10.7. The SMILES string of the molecule is CCC(C(O)c1ccccc1)N1CC(C)N(C)C(C)C1. The Hall–Kier alpha value is -0.900. The van der Waals surface area contributed by atoms with Crippen LogP contribution >= 0.6 is 0 Å². The zero-order chi connectivity index (χ0) is 14.7. The third-order valence-electron chi connectivity index (χ3n) is 4.78. The van der Waals surface area contributed by atoms with Crippen molar-refractivity contribution in [3.05, 3.63) is 35.9 Å². The molecule has 20 heavy (non-hydrogen) atoms. The van der Waals surface area contributed by atoms with E-state index in [-0.39, 0.29) is 6.04 Å². The van der Waals surface area contributed by atoms with E-state index in [1.54, 1.807) is 0 Å². The van der Waals surface area contributed by atoms with Crippen molar-refractivity contribution in [3.63, 3.8) is 0 Å². The van der Waals surface area contributed by atoms with Gasteiger partial charge in [-0.15, -0.1) is 0 Å². The zero-order valence-corrected chi connectivity index (χ0v) is 13.2. The van der Waals surface area contributed by atoms with Gasteiger partial charge in [-0.2, -0.15) is 0 Å². The Balaban J connectivity index is 2.12. The second kappa shape index (κ2) is 6.70. The van der Waals surface area contributed by atoms with Crippen LogP contribution in [-0.2, 0) is 0 Å². The first-order valence-corrected chi connectivity index (χ1v) is 7.73. The molecule has 0 spiro atoms. The molecule has 0 radical (unpaired) electrons. The molecule has 2 rings (SSSR count). The summed E-state index contributed by atoms with van der Waals surface area (Å²) >= 11 is 0. The Bertz CT molecular complexity index is 397. The lowest BCUT2D eigenvalue weighted by molar-refractivity contribution is -0.0162. The molecule has 0 saturated carbocycles. The van der Waals surface area contributed by atoms with Crippen molar-refractivity contribution in [1.82, 2.24) is 9.80 Å². The minimum absolute atomic E-state index is 0.205. The van der Waals surface area contributed by atoms with Gasteiger partial charge in [-0.25, -0.2) is 0 Å². The summed E-state index contributed by atoms with van der Waals surface area (Å²) in [6, 6.07) is 11.3. The Kier molecular flexibility index (Phi) is 5.19. The maximum Gasteiger partial charge on any atom is 0.0945 e. The fourth-order valence-electron chi connectivity index (χ4n) is 3.27. The molecule has 1 N–H and O–H groups in total. The van der Waals surface area contributed by atoms with Crippen LogP contribution in [-0.4, -0.2) is 53.2 Å². The van der Waals surface area contributed by atoms with Gasteiger partial charge >= 0.3 is 0 Å². The van der Waals surface area contributed by atoms with Crippen molar-refractivity contribution in [2.75, 3.05) is 20.1 Å². The molecule has 1 saturated heterocycles. The van der Waals surface area contributed by atoms with Gasteiger partial charge in [0.2, 0.25) is 0 Å². The molecule has 0 amide bonds. The fourth-order valence-corrected chi connectivity index (χ4v) is 3.27. The van der Waals surface area contributed by atoms with Gasteiger partial charge in [-0.05, 0) is 32.9 Å². The normalized spacial score (nSPS) is 28.2. The first-order valence-electron chi connectivity index (χ1n) is 7.73. The number of aliphatic hydroxyl groups excluding tert-OH is 1. The largest absolute Gasteiger partial charge is 0.387 e. The van der Waals surface area contributed by atoms with E-state index in [9.17, 15) is 5.11 Å². The van der Waals surface area contributed by atoms with E-state index in [2.05, 4.69) is 37.6 Å². The van der Waals surface area contributed by atoms with Crippen LogP contribution in [0.1, 0.15) is 38.9 Å². The van der Waals surface area contributed by atoms with Gasteiger partial charge in [0.05, 0.1) is 6.10 Å². The van der Waals surface area contributed by atoms with Gasteiger partial charge in [0.25, 0.3) is 0 Å². The average molecular weight is 276 g/mol. The summed E-state index contributed by atoms with van der Waals surface area (Å²) in [7, 11) is 2.20. The summed E-state index contributed by atoms with van der Waals surface area (Å²) in [4.78, 5) is 4.89. The van der Waals surface area contributed by atoms with Crippen LogP contribution in [0.3, 0.4) is 0 Å². The summed E-state index contributed by atoms with van der Waals surface area (Å²) in [6.07, 6.45) is 0.572. The molecule has 0 aliphatic carbocycles. The predicted octanol–water partition coefficient (Wildman–Crippen LogP) is 2.52. The monoisotopic (exact) mass is 276 g/mol. The van der Waals surface area contributed by atoms with Gasteiger partial charge in [-0.1, -0.05) is 37.3 Å². The zero-order valence-electron chi connectivity index (χ0n) is 13.2. The van der Waals surface area contributed by atoms with Gasteiger partial charge < -0.3 is 5.11 Å². The van der Waals surface area contributed by atoms with Crippen molar-refractivity contribution < 1.29 is 5.11 Å². The lowest BCUT2D eigenvalue weighted by Gasteiger charge is -2.46. The highest BCUT2D eigenvalue weighted by Gasteiger charge is 2.33. The number of benzene rings is 1. The standard InChI is InChI=1S/C17H28N2O/c1-5-16(17(20)15-9-7-6-8-10-15)19-11-13(2)18(4)14(3)12-19/h6-10,13-14,16-17,20H,5,11-12H2,1-4H3. The van der Waals surface area contributed by atoms with E-state index in [1.165, 1.54) is 0 Å². The topological polar surface area (TPSA) is 26.7 Å². The lowest BCUT2D eigenvalue weighted by atomic mass is 9.96. The maximum atomic E-state index is 10.7. The molecule has 1 fully saturated rings. The molecule has 4 unspecified atom stereocenters. The van der Waals surface area contributed by atoms with Crippen LogP contribution < -0.4 is 0 Å². The van der Waals surface area contributed by atoms with E-state index in [1.807, 2.05) is 30.3 Å². The highest BCUT2D eigenvalue weighted by Crippen LogP contribution is 2.26. The predicted molar refractivity (Wildman–Crippen MR) is 83.7 cm³/mol. The van der Waals surface area contributed by atoms with Crippen LogP contribution in [0.25, 0.3) is 0 Å². The van der Waals surface area contributed by atoms with Gasteiger partial charge in [0.1, 0.15) is 0 Å². The van der Waals surface area contributed by atoms with E-state index in [4.69, 9.17) is 0 Å². The van der Waals surface area contributed by atoms with Crippen molar-refractivity contribution in [2.45, 2.75) is 51.4 Å². The number of likely N-dealkylation sites (N-methyl/N-ethyl adjacent to an activating group) is 1. The van der Waals surface area contributed by atoms with Gasteiger partial charge in [0.15, 0.2) is 0 Å². The summed E-state index contributed by atoms with van der Waals surface area (Å²) in [6.45, 7) is 8.77. The minimum Gasteiger partial charge on any atom is -0.387 e. The Morgan fingerprint density at radius 2 is 1.70 bits per heavy atom. The van der Waals surface area contributed by atoms with Crippen molar-refractivity contribution in [2.24, 2.45) is 0 Å². The number of hydrogen-bond acceptors (Lipinski definition) is 3. The molecule has 1 aliphatic heterocycles. The summed E-state index contributed by atoms with van der Waals surface area (Å²) in [5.74, 6) is 0. The minimum atomic E-state index is -0.399. The van der Waals surface area contributed by atoms with E-state index in [0.29, 0.717) is 12.1 Å². The molecule has 1 aliphatic rings. The smallest absolute Gasteiger partial charge is 0.0945 e. The second-order valence-corrected chi connectivity index (χ2v) is 6.15. The molecule has 3 heteroatoms. The molecule has 1 aromatic rings. The van der Waals surface area contributed by atoms with E-state index < -0.39 is 6.10 Å². The molecule has 1 aromatic carbocycles. The van der Waals surface area contributed by atoms with Crippen molar-refractivity contribution in [1.29, 1.82) is 0 Å². The van der Waals surface area contributed by atoms with Crippen molar-refractivity contribution >= 4 is 0 Å². The summed E-state index contributed by atoms with van der Waals surface area (Å²) in [5.41, 5.74) is 1.03. The first-order chi connectivity index (χ1) is 9.54. The van der Waals surface area contributed by atoms with E-state index in [0.717, 1.165) is 25.1 Å². The average Bonchev–Trinajstić information content (AvgIpc) is 2.46. The highest BCUT2D eigenvalue weighted by atomic mass is 16.3. The number of nitrogens with zero attached hydrogens (tertiary/aromatic N) is 2. The van der Waals surface area contributed by atoms with Gasteiger partial charge in [-0.3, -0.25) is 9.80 Å². The number of rotatable bonds is 4. The highest BCUT2D eigenvalue weighted by molar-refractivity contribution is 5.19. The van der Waals surface area contributed by atoms with Crippen LogP contribution in [0.5, 0.6) is 0 Å². The van der Waals surface area contributed by atoms with Crippen LogP contribution in [0.15, 0.2) is 30.3 Å². The third kappa shape index (κ3) is 3.22. The molecule has 0 aromatic heterocycles.